The molecule has 30 heavy (non-hydrogen) atoms. The fraction of sp³-hybridized carbons (Fsp3) is 0.600. The molecule has 174 valence electrons. The highest BCUT2D eigenvalue weighted by atomic mass is 31.3. The number of rotatable bonds is 13. The number of hydrogen-bond donors (Lipinski definition) is 4. The van der Waals surface area contributed by atoms with E-state index in [2.05, 4.69) is 10.4 Å². The van der Waals surface area contributed by atoms with Crippen LogP contribution in [0, 0.1) is 0 Å². The molecule has 0 aliphatic carbocycles. The summed E-state index contributed by atoms with van der Waals surface area (Å²) in [7, 11) is -10.4. The predicted octanol–water partition coefficient (Wildman–Crippen LogP) is 5.33. The van der Waals surface area contributed by atoms with E-state index < -0.39 is 27.9 Å². The fourth-order valence-electron chi connectivity index (χ4n) is 2.51. The van der Waals surface area contributed by atoms with Gasteiger partial charge >= 0.3 is 15.6 Å². The van der Waals surface area contributed by atoms with E-state index in [9.17, 15) is 19.1 Å². The minimum absolute atomic E-state index is 0.621. The van der Waals surface area contributed by atoms with Crippen molar-refractivity contribution in [2.45, 2.75) is 79.4 Å². The standard InChI is InChI=1S/C20H36O8P2/c1-15(2)9-7-11-17(5)13-19(21)20(14-18(6)12-8-10-16(3)4)27-30(25,26)28-29(22,23)24/h9-10,13-14,19-21H,7-8,11-12H2,1-6H3,(H,25,26)(H2,22,23,24). The molecule has 0 amide bonds. The Morgan fingerprint density at radius 1 is 0.833 bits per heavy atom. The van der Waals surface area contributed by atoms with Crippen molar-refractivity contribution in [1.29, 1.82) is 0 Å². The van der Waals surface area contributed by atoms with Crippen molar-refractivity contribution in [3.63, 3.8) is 0 Å². The molecule has 0 aromatic carbocycles. The molecule has 0 rings (SSSR count). The Labute approximate surface area is 179 Å². The maximum absolute atomic E-state index is 12.0. The smallest absolute Gasteiger partial charge is 0.386 e. The van der Waals surface area contributed by atoms with Crippen molar-refractivity contribution in [2.75, 3.05) is 0 Å². The van der Waals surface area contributed by atoms with Crippen LogP contribution in [0.3, 0.4) is 0 Å². The molecule has 0 heterocycles. The van der Waals surface area contributed by atoms with Crippen LogP contribution in [0.15, 0.2) is 46.6 Å². The summed E-state index contributed by atoms with van der Waals surface area (Å²) in [5.41, 5.74) is 3.95. The van der Waals surface area contributed by atoms with E-state index >= 15 is 0 Å². The number of phosphoric ester groups is 1. The highest BCUT2D eigenvalue weighted by Gasteiger charge is 2.36. The van der Waals surface area contributed by atoms with Crippen LogP contribution < -0.4 is 0 Å². The normalized spacial score (nSPS) is 17.1. The molecule has 0 aromatic rings. The number of hydrogen-bond acceptors (Lipinski definition) is 5. The second-order valence-electron chi connectivity index (χ2n) is 7.77. The first-order valence-electron chi connectivity index (χ1n) is 9.69. The summed E-state index contributed by atoms with van der Waals surface area (Å²) in [6.45, 7) is 11.5. The zero-order valence-electron chi connectivity index (χ0n) is 18.6. The first-order valence-corrected chi connectivity index (χ1v) is 12.7. The number of allylic oxidation sites excluding steroid dienone is 6. The molecule has 0 bridgehead atoms. The van der Waals surface area contributed by atoms with Gasteiger partial charge in [0.05, 0.1) is 0 Å². The zero-order chi connectivity index (χ0) is 23.5. The van der Waals surface area contributed by atoms with Gasteiger partial charge in [-0.3, -0.25) is 4.52 Å². The van der Waals surface area contributed by atoms with Crippen molar-refractivity contribution in [3.05, 3.63) is 46.6 Å². The van der Waals surface area contributed by atoms with E-state index in [-0.39, 0.29) is 0 Å². The van der Waals surface area contributed by atoms with Crippen LogP contribution in [0.25, 0.3) is 0 Å². The van der Waals surface area contributed by atoms with Crippen LogP contribution >= 0.6 is 15.6 Å². The Balaban J connectivity index is 5.54. The van der Waals surface area contributed by atoms with Crippen LogP contribution in [0.5, 0.6) is 0 Å². The van der Waals surface area contributed by atoms with Crippen LogP contribution in [-0.2, 0) is 18.0 Å². The summed E-state index contributed by atoms with van der Waals surface area (Å²) in [4.78, 5) is 27.3. The largest absolute Gasteiger partial charge is 0.481 e. The minimum atomic E-state index is -5.26. The van der Waals surface area contributed by atoms with E-state index in [0.717, 1.165) is 29.6 Å². The van der Waals surface area contributed by atoms with Crippen molar-refractivity contribution >= 4 is 15.6 Å². The maximum atomic E-state index is 12.0. The topological polar surface area (TPSA) is 134 Å². The van der Waals surface area contributed by atoms with E-state index in [1.165, 1.54) is 17.7 Å². The Bertz CT molecular complexity index is 753. The van der Waals surface area contributed by atoms with Crippen LogP contribution in [0.2, 0.25) is 0 Å². The Kier molecular flexibility index (Phi) is 13.2. The summed E-state index contributed by atoms with van der Waals surface area (Å²) in [6.07, 6.45) is 7.24. The molecule has 0 saturated heterocycles. The molecule has 0 aliphatic heterocycles. The van der Waals surface area contributed by atoms with Crippen LogP contribution in [0.1, 0.15) is 67.2 Å². The summed E-state index contributed by atoms with van der Waals surface area (Å²) >= 11 is 0. The average Bonchev–Trinajstić information content (AvgIpc) is 2.50. The Morgan fingerprint density at radius 3 is 1.67 bits per heavy atom. The lowest BCUT2D eigenvalue weighted by atomic mass is 10.0. The van der Waals surface area contributed by atoms with E-state index in [1.54, 1.807) is 6.92 Å². The molecule has 0 radical (unpaired) electrons. The van der Waals surface area contributed by atoms with Crippen molar-refractivity contribution < 1.29 is 37.8 Å². The third-order valence-corrected chi connectivity index (χ3v) is 6.07. The third kappa shape index (κ3) is 15.9. The summed E-state index contributed by atoms with van der Waals surface area (Å²) in [6, 6.07) is 0. The summed E-state index contributed by atoms with van der Waals surface area (Å²) in [5.74, 6) is 0. The van der Waals surface area contributed by atoms with Gasteiger partial charge in [-0.15, -0.1) is 0 Å². The van der Waals surface area contributed by atoms with Gasteiger partial charge in [-0.05, 0) is 67.2 Å². The molecule has 0 fully saturated rings. The fourth-order valence-corrected chi connectivity index (χ4v) is 4.23. The lowest BCUT2D eigenvalue weighted by molar-refractivity contribution is 0.0679. The minimum Gasteiger partial charge on any atom is -0.386 e. The van der Waals surface area contributed by atoms with Crippen LogP contribution in [-0.4, -0.2) is 32.0 Å². The maximum Gasteiger partial charge on any atom is 0.481 e. The van der Waals surface area contributed by atoms with Gasteiger partial charge < -0.3 is 19.8 Å². The molecule has 0 spiro atoms. The van der Waals surface area contributed by atoms with Crippen molar-refractivity contribution in [3.8, 4) is 0 Å². The van der Waals surface area contributed by atoms with Gasteiger partial charge in [0.2, 0.25) is 0 Å². The van der Waals surface area contributed by atoms with Crippen LogP contribution in [0.4, 0.5) is 0 Å². The summed E-state index contributed by atoms with van der Waals surface area (Å²) < 4.78 is 31.7. The van der Waals surface area contributed by atoms with Crippen molar-refractivity contribution in [1.82, 2.24) is 0 Å². The second-order valence-corrected chi connectivity index (χ2v) is 10.6. The molecule has 4 N–H and O–H groups in total. The van der Waals surface area contributed by atoms with Crippen molar-refractivity contribution in [2.24, 2.45) is 0 Å². The molecule has 3 unspecified atom stereocenters. The van der Waals surface area contributed by atoms with Gasteiger partial charge in [-0.25, -0.2) is 9.13 Å². The number of phosphoric acid groups is 2. The molecular weight excluding hydrogens is 430 g/mol. The molecule has 0 aliphatic rings. The number of aliphatic hydroxyl groups excluding tert-OH is 1. The van der Waals surface area contributed by atoms with Gasteiger partial charge in [0.25, 0.3) is 0 Å². The zero-order valence-corrected chi connectivity index (χ0v) is 20.4. The second kappa shape index (κ2) is 13.6. The average molecular weight is 466 g/mol. The van der Waals surface area contributed by atoms with E-state index in [1.807, 2.05) is 40.7 Å². The lowest BCUT2D eigenvalue weighted by Crippen LogP contribution is -2.25. The third-order valence-electron chi connectivity index (χ3n) is 3.89. The first kappa shape index (κ1) is 29.2. The highest BCUT2D eigenvalue weighted by molar-refractivity contribution is 7.60. The number of aliphatic hydroxyl groups is 1. The summed E-state index contributed by atoms with van der Waals surface area (Å²) in [5, 5.41) is 10.6. The quantitative estimate of drug-likeness (QED) is 0.211. The molecule has 3 atom stereocenters. The first-order chi connectivity index (χ1) is 13.6. The predicted molar refractivity (Wildman–Crippen MR) is 119 cm³/mol. The molecule has 8 nitrogen and oxygen atoms in total. The molecule has 0 aromatic heterocycles. The van der Waals surface area contributed by atoms with E-state index in [0.29, 0.717) is 12.8 Å². The molecule has 10 heteroatoms. The van der Waals surface area contributed by atoms with Gasteiger partial charge in [0, 0.05) is 0 Å². The Morgan fingerprint density at radius 2 is 1.27 bits per heavy atom. The van der Waals surface area contributed by atoms with Gasteiger partial charge in [0.1, 0.15) is 12.2 Å². The van der Waals surface area contributed by atoms with Gasteiger partial charge in [0.15, 0.2) is 0 Å². The lowest BCUT2D eigenvalue weighted by Gasteiger charge is -2.22. The highest BCUT2D eigenvalue weighted by Crippen LogP contribution is 2.58. The SMILES string of the molecule is CC(C)=CCCC(C)=CC(O)C(C=C(C)CCC=C(C)C)OP(=O)(O)OP(=O)(O)O. The van der Waals surface area contributed by atoms with Gasteiger partial charge in [-0.2, -0.15) is 4.31 Å². The van der Waals surface area contributed by atoms with E-state index in [4.69, 9.17) is 14.3 Å². The molecule has 0 saturated carbocycles. The monoisotopic (exact) mass is 466 g/mol. The Hall–Kier alpha value is -0.820. The molecular formula is C20H36O8P2. The van der Waals surface area contributed by atoms with Gasteiger partial charge in [-0.1, -0.05) is 46.6 Å².